The summed E-state index contributed by atoms with van der Waals surface area (Å²) in [6, 6.07) is 9.98. The van der Waals surface area contributed by atoms with Gasteiger partial charge in [0.2, 0.25) is 0 Å². The Morgan fingerprint density at radius 1 is 1.09 bits per heavy atom. The fourth-order valence-electron chi connectivity index (χ4n) is 3.15. The molecule has 5 nitrogen and oxygen atoms in total. The molecule has 4 heterocycles. The van der Waals surface area contributed by atoms with Gasteiger partial charge in [-0.1, -0.05) is 12.1 Å². The highest BCUT2D eigenvalue weighted by atomic mass is 16.3. The number of hydrogen-bond donors (Lipinski definition) is 0. The van der Waals surface area contributed by atoms with E-state index in [9.17, 15) is 0 Å². The smallest absolute Gasteiger partial charge is 0.196 e. The summed E-state index contributed by atoms with van der Waals surface area (Å²) < 4.78 is 6.03. The van der Waals surface area contributed by atoms with Crippen LogP contribution in [0.1, 0.15) is 5.56 Å². The molecule has 1 aliphatic heterocycles. The van der Waals surface area contributed by atoms with Crippen LogP contribution in [0.15, 0.2) is 53.5 Å². The lowest BCUT2D eigenvalue weighted by molar-refractivity contribution is 0.664. The average molecular weight is 288 g/mol. The average Bonchev–Trinajstić information content (AvgIpc) is 3.16. The Morgan fingerprint density at radius 3 is 3.05 bits per heavy atom. The van der Waals surface area contributed by atoms with Crippen molar-refractivity contribution in [2.45, 2.75) is 6.42 Å². The van der Waals surface area contributed by atoms with Crippen LogP contribution in [0.2, 0.25) is 0 Å². The Balaban J connectivity index is 1.79. The Hall–Kier alpha value is -2.95. The van der Waals surface area contributed by atoms with Gasteiger partial charge < -0.3 is 9.32 Å². The van der Waals surface area contributed by atoms with E-state index >= 15 is 0 Å². The molecule has 0 spiro atoms. The summed E-state index contributed by atoms with van der Waals surface area (Å²) in [6.07, 6.45) is 6.31. The lowest BCUT2D eigenvalue weighted by Gasteiger charge is -2.17. The van der Waals surface area contributed by atoms with Gasteiger partial charge in [-0.25, -0.2) is 9.97 Å². The van der Waals surface area contributed by atoms with Crippen molar-refractivity contribution in [2.24, 2.45) is 0 Å². The van der Waals surface area contributed by atoms with E-state index in [0.29, 0.717) is 0 Å². The van der Waals surface area contributed by atoms with Crippen LogP contribution in [0, 0.1) is 0 Å². The summed E-state index contributed by atoms with van der Waals surface area (Å²) in [5.74, 6) is 0.825. The number of rotatable bonds is 1. The van der Waals surface area contributed by atoms with Gasteiger partial charge in [0.25, 0.3) is 0 Å². The molecule has 1 aliphatic rings. The summed E-state index contributed by atoms with van der Waals surface area (Å²) in [5.41, 5.74) is 4.84. The molecule has 106 valence electrons. The van der Waals surface area contributed by atoms with Gasteiger partial charge in [0.15, 0.2) is 11.4 Å². The van der Waals surface area contributed by atoms with E-state index in [1.807, 2.05) is 42.7 Å². The fraction of sp³-hybridized carbons (Fsp3) is 0.118. The van der Waals surface area contributed by atoms with Crippen molar-refractivity contribution in [1.29, 1.82) is 0 Å². The monoisotopic (exact) mass is 288 g/mol. The number of para-hydroxylation sites is 1. The lowest BCUT2D eigenvalue weighted by Crippen LogP contribution is -2.15. The maximum absolute atomic E-state index is 6.03. The Morgan fingerprint density at radius 2 is 2.05 bits per heavy atom. The molecule has 4 aromatic rings. The molecule has 3 aromatic heterocycles. The van der Waals surface area contributed by atoms with Gasteiger partial charge in [-0.05, 0) is 30.2 Å². The largest absolute Gasteiger partial charge is 0.450 e. The summed E-state index contributed by atoms with van der Waals surface area (Å²) in [7, 11) is 0. The zero-order valence-corrected chi connectivity index (χ0v) is 11.7. The number of anilines is 2. The molecule has 0 aliphatic carbocycles. The zero-order valence-electron chi connectivity index (χ0n) is 11.7. The number of furan rings is 1. The first-order valence-corrected chi connectivity index (χ1v) is 7.24. The van der Waals surface area contributed by atoms with Crippen molar-refractivity contribution in [3.63, 3.8) is 0 Å². The first-order valence-electron chi connectivity index (χ1n) is 7.24. The number of fused-ring (bicyclic) bond motifs is 4. The highest BCUT2D eigenvalue weighted by Gasteiger charge is 2.25. The van der Waals surface area contributed by atoms with Crippen LogP contribution in [-0.4, -0.2) is 21.5 Å². The summed E-state index contributed by atoms with van der Waals surface area (Å²) in [5, 5.41) is 1.02. The third-order valence-electron chi connectivity index (χ3n) is 4.17. The minimum absolute atomic E-state index is 0.744. The van der Waals surface area contributed by atoms with E-state index in [0.717, 1.165) is 46.5 Å². The standard InChI is InChI=1S/C17H12N4O/c1-2-4-14-12(3-1)15-16(22-14)17(20-10-19-15)21-8-6-11-9-18-7-5-13(11)21/h1-5,7,9-10H,6,8H2. The molecule has 0 N–H and O–H groups in total. The first-order chi connectivity index (χ1) is 10.9. The summed E-state index contributed by atoms with van der Waals surface area (Å²) >= 11 is 0. The Bertz CT molecular complexity index is 1010. The second kappa shape index (κ2) is 4.27. The van der Waals surface area contributed by atoms with Crippen LogP contribution in [0.25, 0.3) is 22.1 Å². The zero-order chi connectivity index (χ0) is 14.5. The van der Waals surface area contributed by atoms with Gasteiger partial charge in [-0.3, -0.25) is 4.98 Å². The van der Waals surface area contributed by atoms with Gasteiger partial charge >= 0.3 is 0 Å². The van der Waals surface area contributed by atoms with Crippen LogP contribution in [0.4, 0.5) is 11.5 Å². The third kappa shape index (κ3) is 1.50. The molecule has 0 bridgehead atoms. The topological polar surface area (TPSA) is 55.1 Å². The molecule has 0 fully saturated rings. The number of nitrogens with zero attached hydrogens (tertiary/aromatic N) is 4. The van der Waals surface area contributed by atoms with Gasteiger partial charge in [-0.2, -0.15) is 0 Å². The normalized spacial score (nSPS) is 13.9. The summed E-state index contributed by atoms with van der Waals surface area (Å²) in [6.45, 7) is 0.879. The number of aromatic nitrogens is 3. The van der Waals surface area contributed by atoms with Crippen molar-refractivity contribution in [3.05, 3.63) is 54.6 Å². The molecule has 22 heavy (non-hydrogen) atoms. The molecule has 0 saturated heterocycles. The molecule has 0 atom stereocenters. The van der Waals surface area contributed by atoms with Crippen LogP contribution in [0.5, 0.6) is 0 Å². The molecular formula is C17H12N4O. The van der Waals surface area contributed by atoms with Crippen molar-refractivity contribution in [2.75, 3.05) is 11.4 Å². The maximum Gasteiger partial charge on any atom is 0.196 e. The van der Waals surface area contributed by atoms with Crippen molar-refractivity contribution in [3.8, 4) is 0 Å². The molecule has 0 amide bonds. The predicted octanol–water partition coefficient (Wildman–Crippen LogP) is 3.47. The maximum atomic E-state index is 6.03. The van der Waals surface area contributed by atoms with Crippen molar-refractivity contribution in [1.82, 2.24) is 15.0 Å². The molecule has 0 unspecified atom stereocenters. The molecule has 0 radical (unpaired) electrons. The van der Waals surface area contributed by atoms with Gasteiger partial charge in [-0.15, -0.1) is 0 Å². The van der Waals surface area contributed by atoms with Gasteiger partial charge in [0.1, 0.15) is 17.4 Å². The lowest BCUT2D eigenvalue weighted by atomic mass is 10.2. The highest BCUT2D eigenvalue weighted by molar-refractivity contribution is 6.06. The molecule has 5 heteroatoms. The van der Waals surface area contributed by atoms with E-state index in [1.54, 1.807) is 6.33 Å². The quantitative estimate of drug-likeness (QED) is 0.537. The van der Waals surface area contributed by atoms with Crippen LogP contribution >= 0.6 is 0 Å². The minimum Gasteiger partial charge on any atom is -0.450 e. The van der Waals surface area contributed by atoms with Crippen LogP contribution in [0.3, 0.4) is 0 Å². The highest BCUT2D eigenvalue weighted by Crippen LogP contribution is 2.38. The molecular weight excluding hydrogens is 276 g/mol. The second-order valence-corrected chi connectivity index (χ2v) is 5.38. The molecule has 1 aromatic carbocycles. The van der Waals surface area contributed by atoms with Crippen molar-refractivity contribution >= 4 is 33.6 Å². The van der Waals surface area contributed by atoms with E-state index in [2.05, 4.69) is 19.9 Å². The molecule has 0 saturated carbocycles. The predicted molar refractivity (Wildman–Crippen MR) is 84.3 cm³/mol. The van der Waals surface area contributed by atoms with E-state index in [-0.39, 0.29) is 0 Å². The van der Waals surface area contributed by atoms with Gasteiger partial charge in [0, 0.05) is 30.0 Å². The SMILES string of the molecule is c1ccc2c(c1)oc1c(N3CCc4cnccc43)ncnc12. The minimum atomic E-state index is 0.744. The van der Waals surface area contributed by atoms with Gasteiger partial charge in [0.05, 0.1) is 0 Å². The first kappa shape index (κ1) is 11.7. The second-order valence-electron chi connectivity index (χ2n) is 5.38. The van der Waals surface area contributed by atoms with Crippen molar-refractivity contribution < 1.29 is 4.42 Å². The number of benzene rings is 1. The fourth-order valence-corrected chi connectivity index (χ4v) is 3.15. The number of pyridine rings is 1. The molecule has 5 rings (SSSR count). The van der Waals surface area contributed by atoms with Crippen LogP contribution in [-0.2, 0) is 6.42 Å². The van der Waals surface area contributed by atoms with E-state index in [4.69, 9.17) is 4.42 Å². The number of hydrogen-bond acceptors (Lipinski definition) is 5. The van der Waals surface area contributed by atoms with Crippen LogP contribution < -0.4 is 4.90 Å². The van der Waals surface area contributed by atoms with E-state index < -0.39 is 0 Å². The summed E-state index contributed by atoms with van der Waals surface area (Å²) in [4.78, 5) is 15.3. The third-order valence-corrected chi connectivity index (χ3v) is 4.17. The van der Waals surface area contributed by atoms with E-state index in [1.165, 1.54) is 5.56 Å². The Labute approximate surface area is 126 Å². The Kier molecular flexibility index (Phi) is 2.27.